The van der Waals surface area contributed by atoms with Gasteiger partial charge in [0, 0.05) is 12.7 Å². The van der Waals surface area contributed by atoms with Crippen LogP contribution < -0.4 is 5.69 Å². The van der Waals surface area contributed by atoms with Crippen molar-refractivity contribution in [3.63, 3.8) is 0 Å². The number of carboxylic acids is 1. The second-order valence-electron chi connectivity index (χ2n) is 4.84. The van der Waals surface area contributed by atoms with E-state index in [1.807, 2.05) is 13.0 Å². The summed E-state index contributed by atoms with van der Waals surface area (Å²) in [6, 6.07) is 8.22. The minimum absolute atomic E-state index is 0.141. The molecule has 0 radical (unpaired) electrons. The van der Waals surface area contributed by atoms with Gasteiger partial charge in [0.05, 0.1) is 28.5 Å². The molecule has 0 saturated carbocycles. The lowest BCUT2D eigenvalue weighted by Crippen LogP contribution is -2.20. The first-order chi connectivity index (χ1) is 9.99. The molecule has 2 aromatic heterocycles. The monoisotopic (exact) mass is 283 g/mol. The van der Waals surface area contributed by atoms with Gasteiger partial charge in [-0.2, -0.15) is 0 Å². The van der Waals surface area contributed by atoms with E-state index in [1.165, 1.54) is 21.3 Å². The van der Waals surface area contributed by atoms with E-state index >= 15 is 0 Å². The van der Waals surface area contributed by atoms with E-state index in [9.17, 15) is 9.59 Å². The van der Waals surface area contributed by atoms with Crippen LogP contribution in [-0.4, -0.2) is 25.2 Å². The number of carbonyl (C=O) groups is 1. The molecule has 0 amide bonds. The van der Waals surface area contributed by atoms with Gasteiger partial charge in [0.25, 0.3) is 0 Å². The largest absolute Gasteiger partial charge is 0.478 e. The van der Waals surface area contributed by atoms with Gasteiger partial charge < -0.3 is 5.11 Å². The van der Waals surface area contributed by atoms with Crippen molar-refractivity contribution in [2.75, 3.05) is 0 Å². The molecular formula is C15H13N3O3. The number of aromatic nitrogens is 3. The van der Waals surface area contributed by atoms with Gasteiger partial charge in [0.2, 0.25) is 0 Å². The average molecular weight is 283 g/mol. The number of fused-ring (bicyclic) bond motifs is 1. The molecule has 0 bridgehead atoms. The number of hydrogen-bond acceptors (Lipinski definition) is 3. The van der Waals surface area contributed by atoms with Crippen LogP contribution in [0.5, 0.6) is 0 Å². The fraction of sp³-hybridized carbons (Fsp3) is 0.133. The lowest BCUT2D eigenvalue weighted by molar-refractivity contribution is 0.0697. The molecule has 0 unspecified atom stereocenters. The van der Waals surface area contributed by atoms with Crippen LogP contribution in [0.1, 0.15) is 16.1 Å². The Kier molecular flexibility index (Phi) is 2.86. The maximum atomic E-state index is 12.4. The first kappa shape index (κ1) is 13.1. The molecule has 0 fully saturated rings. The molecule has 3 rings (SSSR count). The molecule has 1 aromatic carbocycles. The number of benzene rings is 1. The second-order valence-corrected chi connectivity index (χ2v) is 4.84. The van der Waals surface area contributed by atoms with E-state index in [2.05, 4.69) is 4.98 Å². The first-order valence-corrected chi connectivity index (χ1v) is 6.37. The Hall–Kier alpha value is -2.89. The third-order valence-corrected chi connectivity index (χ3v) is 3.46. The van der Waals surface area contributed by atoms with Gasteiger partial charge in [0.1, 0.15) is 0 Å². The predicted octanol–water partition coefficient (Wildman–Crippen LogP) is 1.73. The lowest BCUT2D eigenvalue weighted by Gasteiger charge is -2.03. The Labute approximate surface area is 119 Å². The summed E-state index contributed by atoms with van der Waals surface area (Å²) in [7, 11) is 1.66. The normalized spacial score (nSPS) is 11.0. The van der Waals surface area contributed by atoms with Crippen LogP contribution >= 0.6 is 0 Å². The van der Waals surface area contributed by atoms with Crippen LogP contribution in [0.3, 0.4) is 0 Å². The summed E-state index contributed by atoms with van der Waals surface area (Å²) in [6.07, 6.45) is 1.60. The third kappa shape index (κ3) is 2.01. The van der Waals surface area contributed by atoms with Gasteiger partial charge in [-0.3, -0.25) is 14.1 Å². The van der Waals surface area contributed by atoms with E-state index in [-0.39, 0.29) is 11.3 Å². The van der Waals surface area contributed by atoms with E-state index in [0.29, 0.717) is 16.7 Å². The van der Waals surface area contributed by atoms with Gasteiger partial charge in [-0.25, -0.2) is 9.59 Å². The maximum Gasteiger partial charge on any atom is 0.335 e. The molecule has 6 nitrogen and oxygen atoms in total. The number of nitrogens with zero attached hydrogens (tertiary/aromatic N) is 3. The zero-order chi connectivity index (χ0) is 15.1. The summed E-state index contributed by atoms with van der Waals surface area (Å²) in [5, 5.41) is 9.11. The van der Waals surface area contributed by atoms with Crippen LogP contribution in [-0.2, 0) is 7.05 Å². The van der Waals surface area contributed by atoms with E-state index in [1.54, 1.807) is 25.4 Å². The Morgan fingerprint density at radius 2 is 1.95 bits per heavy atom. The van der Waals surface area contributed by atoms with E-state index in [0.717, 1.165) is 5.69 Å². The zero-order valence-corrected chi connectivity index (χ0v) is 11.6. The van der Waals surface area contributed by atoms with Gasteiger partial charge >= 0.3 is 11.7 Å². The summed E-state index contributed by atoms with van der Waals surface area (Å²) in [5.41, 5.74) is 2.58. The van der Waals surface area contributed by atoms with E-state index in [4.69, 9.17) is 5.11 Å². The highest BCUT2D eigenvalue weighted by Crippen LogP contribution is 2.18. The highest BCUT2D eigenvalue weighted by atomic mass is 16.4. The van der Waals surface area contributed by atoms with E-state index < -0.39 is 5.97 Å². The van der Waals surface area contributed by atoms with Crippen molar-refractivity contribution in [2.24, 2.45) is 7.05 Å². The van der Waals surface area contributed by atoms with Gasteiger partial charge in [-0.05, 0) is 37.3 Å². The van der Waals surface area contributed by atoms with Crippen LogP contribution in [0.4, 0.5) is 0 Å². The van der Waals surface area contributed by atoms with Crippen LogP contribution in [0.2, 0.25) is 0 Å². The fourth-order valence-electron chi connectivity index (χ4n) is 2.32. The Morgan fingerprint density at radius 1 is 1.19 bits per heavy atom. The molecule has 21 heavy (non-hydrogen) atoms. The van der Waals surface area contributed by atoms with Gasteiger partial charge in [-0.15, -0.1) is 0 Å². The number of hydrogen-bond donors (Lipinski definition) is 1. The SMILES string of the molecule is Cc1ccc(-n2c(=O)n(C)c3ccc(C(=O)O)cc32)cn1. The number of imidazole rings is 1. The molecule has 0 atom stereocenters. The van der Waals surface area contributed by atoms with Crippen molar-refractivity contribution in [1.29, 1.82) is 0 Å². The van der Waals surface area contributed by atoms with Crippen molar-refractivity contribution in [3.8, 4) is 5.69 Å². The maximum absolute atomic E-state index is 12.4. The summed E-state index contributed by atoms with van der Waals surface area (Å²) < 4.78 is 2.95. The molecule has 2 heterocycles. The standard InChI is InChI=1S/C15H13N3O3/c1-9-3-5-11(8-16-9)18-13-7-10(14(19)20)4-6-12(13)17(2)15(18)21/h3-8H,1-2H3,(H,19,20). The van der Waals surface area contributed by atoms with Crippen molar-refractivity contribution in [2.45, 2.75) is 6.92 Å². The Morgan fingerprint density at radius 3 is 2.57 bits per heavy atom. The van der Waals surface area contributed by atoms with Crippen molar-refractivity contribution >= 4 is 17.0 Å². The summed E-state index contributed by atoms with van der Waals surface area (Å²) >= 11 is 0. The average Bonchev–Trinajstić information content (AvgIpc) is 2.72. The Bertz CT molecular complexity index is 904. The zero-order valence-electron chi connectivity index (χ0n) is 11.6. The summed E-state index contributed by atoms with van der Waals surface area (Å²) in [4.78, 5) is 27.7. The van der Waals surface area contributed by atoms with Crippen molar-refractivity contribution in [3.05, 3.63) is 58.3 Å². The first-order valence-electron chi connectivity index (χ1n) is 6.37. The molecule has 1 N–H and O–H groups in total. The molecule has 0 aliphatic carbocycles. The second kappa shape index (κ2) is 4.59. The molecule has 3 aromatic rings. The summed E-state index contributed by atoms with van der Waals surface area (Å²) in [6.45, 7) is 1.86. The van der Waals surface area contributed by atoms with Gasteiger partial charge in [0.15, 0.2) is 0 Å². The number of aryl methyl sites for hydroxylation is 2. The minimum Gasteiger partial charge on any atom is -0.478 e. The molecule has 0 spiro atoms. The number of aromatic carboxylic acids is 1. The molecular weight excluding hydrogens is 270 g/mol. The summed E-state index contributed by atoms with van der Waals surface area (Å²) in [5.74, 6) is -1.03. The Balaban J connectivity index is 2.37. The quantitative estimate of drug-likeness (QED) is 0.777. The van der Waals surface area contributed by atoms with Crippen LogP contribution in [0.25, 0.3) is 16.7 Å². The highest BCUT2D eigenvalue weighted by molar-refractivity contribution is 5.93. The van der Waals surface area contributed by atoms with Crippen LogP contribution in [0.15, 0.2) is 41.3 Å². The molecule has 0 saturated heterocycles. The number of rotatable bonds is 2. The minimum atomic E-state index is -1.03. The predicted molar refractivity (Wildman–Crippen MR) is 78.0 cm³/mol. The number of carboxylic acid groups (broad SMARTS) is 1. The van der Waals surface area contributed by atoms with Crippen molar-refractivity contribution < 1.29 is 9.90 Å². The molecule has 0 aliphatic heterocycles. The fourth-order valence-corrected chi connectivity index (χ4v) is 2.32. The van der Waals surface area contributed by atoms with Gasteiger partial charge in [-0.1, -0.05) is 0 Å². The van der Waals surface area contributed by atoms with Crippen LogP contribution in [0, 0.1) is 6.92 Å². The number of pyridine rings is 1. The third-order valence-electron chi connectivity index (χ3n) is 3.46. The molecule has 106 valence electrons. The smallest absolute Gasteiger partial charge is 0.335 e. The van der Waals surface area contributed by atoms with Crippen molar-refractivity contribution in [1.82, 2.24) is 14.1 Å². The highest BCUT2D eigenvalue weighted by Gasteiger charge is 2.14. The molecule has 6 heteroatoms. The molecule has 0 aliphatic rings. The topological polar surface area (TPSA) is 77.1 Å². The lowest BCUT2D eigenvalue weighted by atomic mass is 10.2.